The third kappa shape index (κ3) is 4.68. The summed E-state index contributed by atoms with van der Waals surface area (Å²) in [5, 5.41) is 0.0921. The van der Waals surface area contributed by atoms with Gasteiger partial charge in [-0.05, 0) is 44.0 Å². The molecule has 0 saturated heterocycles. The number of carbonyl (C=O) groups is 1. The number of rotatable bonds is 4. The molecule has 2 nitrogen and oxygen atoms in total. The predicted octanol–water partition coefficient (Wildman–Crippen LogP) is 3.85. The molecule has 1 aromatic rings. The SMILES string of the molecule is Cc1cc(Br)cc(C(=O)N(C)CCC(C)Cl)c1. The first kappa shape index (κ1) is 14.5. The number of benzene rings is 1. The summed E-state index contributed by atoms with van der Waals surface area (Å²) in [6, 6.07) is 5.72. The first-order valence-electron chi connectivity index (χ1n) is 5.57. The van der Waals surface area contributed by atoms with Gasteiger partial charge in [-0.3, -0.25) is 4.79 Å². The second-order valence-corrected chi connectivity index (χ2v) is 5.97. The maximum atomic E-state index is 12.1. The molecule has 0 saturated carbocycles. The Morgan fingerprint density at radius 2 is 2.12 bits per heavy atom. The number of halogens is 2. The van der Waals surface area contributed by atoms with Crippen molar-refractivity contribution in [2.45, 2.75) is 25.6 Å². The normalized spacial score (nSPS) is 12.3. The summed E-state index contributed by atoms with van der Waals surface area (Å²) in [6.45, 7) is 4.58. The molecule has 1 aromatic carbocycles. The molecule has 1 unspecified atom stereocenters. The highest BCUT2D eigenvalue weighted by atomic mass is 79.9. The van der Waals surface area contributed by atoms with Gasteiger partial charge in [0.15, 0.2) is 0 Å². The van der Waals surface area contributed by atoms with Gasteiger partial charge < -0.3 is 4.90 Å². The molecule has 0 N–H and O–H groups in total. The van der Waals surface area contributed by atoms with E-state index in [1.54, 1.807) is 11.9 Å². The highest BCUT2D eigenvalue weighted by Crippen LogP contribution is 2.16. The van der Waals surface area contributed by atoms with Crippen LogP contribution in [0.4, 0.5) is 0 Å². The van der Waals surface area contributed by atoms with Crippen LogP contribution < -0.4 is 0 Å². The Balaban J connectivity index is 2.74. The molecule has 0 heterocycles. The maximum Gasteiger partial charge on any atom is 0.253 e. The molecule has 94 valence electrons. The van der Waals surface area contributed by atoms with Gasteiger partial charge in [-0.1, -0.05) is 15.9 Å². The van der Waals surface area contributed by atoms with Crippen molar-refractivity contribution >= 4 is 33.4 Å². The van der Waals surface area contributed by atoms with Crippen LogP contribution in [0.2, 0.25) is 0 Å². The molecule has 4 heteroatoms. The van der Waals surface area contributed by atoms with Crippen LogP contribution in [0, 0.1) is 6.92 Å². The Bertz CT molecular complexity index is 386. The Kier molecular flexibility index (Phi) is 5.47. The summed E-state index contributed by atoms with van der Waals surface area (Å²) in [7, 11) is 1.80. The van der Waals surface area contributed by atoms with Crippen molar-refractivity contribution in [3.63, 3.8) is 0 Å². The highest BCUT2D eigenvalue weighted by Gasteiger charge is 2.13. The van der Waals surface area contributed by atoms with E-state index in [1.165, 1.54) is 0 Å². The molecule has 0 spiro atoms. The lowest BCUT2D eigenvalue weighted by molar-refractivity contribution is 0.0793. The number of aryl methyl sites for hydroxylation is 1. The number of alkyl halides is 1. The summed E-state index contributed by atoms with van der Waals surface area (Å²) in [6.07, 6.45) is 0.802. The van der Waals surface area contributed by atoms with Gasteiger partial charge in [-0.2, -0.15) is 0 Å². The van der Waals surface area contributed by atoms with E-state index in [4.69, 9.17) is 11.6 Å². The molecular formula is C13H17BrClNO. The van der Waals surface area contributed by atoms with Gasteiger partial charge in [0.2, 0.25) is 0 Å². The number of hydrogen-bond acceptors (Lipinski definition) is 1. The smallest absolute Gasteiger partial charge is 0.253 e. The zero-order valence-corrected chi connectivity index (χ0v) is 12.7. The number of carbonyl (C=O) groups excluding carboxylic acids is 1. The Hall–Kier alpha value is -0.540. The Morgan fingerprint density at radius 1 is 1.47 bits per heavy atom. The van der Waals surface area contributed by atoms with E-state index in [0.717, 1.165) is 16.5 Å². The number of hydrogen-bond donors (Lipinski definition) is 0. The minimum absolute atomic E-state index is 0.0340. The van der Waals surface area contributed by atoms with Crippen LogP contribution in [0.15, 0.2) is 22.7 Å². The molecule has 0 fully saturated rings. The van der Waals surface area contributed by atoms with Crippen LogP contribution in [0.1, 0.15) is 29.3 Å². The summed E-state index contributed by atoms with van der Waals surface area (Å²) in [5.41, 5.74) is 1.78. The molecule has 1 rings (SSSR count). The van der Waals surface area contributed by atoms with Crippen molar-refractivity contribution in [3.05, 3.63) is 33.8 Å². The average molecular weight is 319 g/mol. The topological polar surface area (TPSA) is 20.3 Å². The first-order valence-corrected chi connectivity index (χ1v) is 6.80. The van der Waals surface area contributed by atoms with Gasteiger partial charge in [0.05, 0.1) is 0 Å². The number of amides is 1. The minimum atomic E-state index is 0.0340. The molecule has 0 bridgehead atoms. The third-order valence-corrected chi connectivity index (χ3v) is 3.17. The van der Waals surface area contributed by atoms with Crippen molar-refractivity contribution in [3.8, 4) is 0 Å². The lowest BCUT2D eigenvalue weighted by Gasteiger charge is -2.18. The second-order valence-electron chi connectivity index (χ2n) is 4.31. The van der Waals surface area contributed by atoms with Gasteiger partial charge in [-0.15, -0.1) is 11.6 Å². The van der Waals surface area contributed by atoms with Crippen molar-refractivity contribution in [1.29, 1.82) is 0 Å². The molecule has 0 aliphatic carbocycles. The number of nitrogens with zero attached hydrogens (tertiary/aromatic N) is 1. The van der Waals surface area contributed by atoms with Gasteiger partial charge in [-0.25, -0.2) is 0 Å². The van der Waals surface area contributed by atoms with Gasteiger partial charge in [0.25, 0.3) is 5.91 Å². The maximum absolute atomic E-state index is 12.1. The monoisotopic (exact) mass is 317 g/mol. The van der Waals surface area contributed by atoms with Crippen LogP contribution in [0.25, 0.3) is 0 Å². The van der Waals surface area contributed by atoms with Gasteiger partial charge in [0.1, 0.15) is 0 Å². The zero-order chi connectivity index (χ0) is 13.0. The average Bonchev–Trinajstić information content (AvgIpc) is 2.23. The lowest BCUT2D eigenvalue weighted by atomic mass is 10.1. The Labute approximate surface area is 116 Å². The molecule has 1 atom stereocenters. The standard InChI is InChI=1S/C13H17BrClNO/c1-9-6-11(8-12(14)7-9)13(17)16(3)5-4-10(2)15/h6-8,10H,4-5H2,1-3H3. The highest BCUT2D eigenvalue weighted by molar-refractivity contribution is 9.10. The molecular weight excluding hydrogens is 302 g/mol. The van der Waals surface area contributed by atoms with Crippen LogP contribution >= 0.6 is 27.5 Å². The minimum Gasteiger partial charge on any atom is -0.342 e. The predicted molar refractivity (Wildman–Crippen MR) is 75.8 cm³/mol. The van der Waals surface area contributed by atoms with Crippen molar-refractivity contribution in [1.82, 2.24) is 4.90 Å². The molecule has 17 heavy (non-hydrogen) atoms. The van der Waals surface area contributed by atoms with E-state index >= 15 is 0 Å². The summed E-state index contributed by atoms with van der Waals surface area (Å²) < 4.78 is 0.931. The third-order valence-electron chi connectivity index (χ3n) is 2.50. The van der Waals surface area contributed by atoms with Crippen LogP contribution in [0.3, 0.4) is 0 Å². The van der Waals surface area contributed by atoms with E-state index in [0.29, 0.717) is 12.1 Å². The van der Waals surface area contributed by atoms with E-state index < -0.39 is 0 Å². The fourth-order valence-corrected chi connectivity index (χ4v) is 2.26. The van der Waals surface area contributed by atoms with E-state index in [-0.39, 0.29) is 11.3 Å². The van der Waals surface area contributed by atoms with E-state index in [9.17, 15) is 4.79 Å². The van der Waals surface area contributed by atoms with Crippen molar-refractivity contribution in [2.24, 2.45) is 0 Å². The molecule has 0 aromatic heterocycles. The lowest BCUT2D eigenvalue weighted by Crippen LogP contribution is -2.28. The molecule has 1 amide bonds. The fourth-order valence-electron chi connectivity index (χ4n) is 1.55. The molecule has 0 radical (unpaired) electrons. The summed E-state index contributed by atoms with van der Waals surface area (Å²) in [5.74, 6) is 0.0340. The quantitative estimate of drug-likeness (QED) is 0.772. The van der Waals surface area contributed by atoms with Crippen LogP contribution in [-0.4, -0.2) is 29.8 Å². The summed E-state index contributed by atoms with van der Waals surface area (Å²) >= 11 is 9.28. The van der Waals surface area contributed by atoms with E-state index in [1.807, 2.05) is 32.0 Å². The summed E-state index contributed by atoms with van der Waals surface area (Å²) in [4.78, 5) is 13.8. The zero-order valence-electron chi connectivity index (χ0n) is 10.3. The van der Waals surface area contributed by atoms with Crippen LogP contribution in [-0.2, 0) is 0 Å². The second kappa shape index (κ2) is 6.41. The molecule has 0 aliphatic rings. The fraction of sp³-hybridized carbons (Fsp3) is 0.462. The van der Waals surface area contributed by atoms with Crippen molar-refractivity contribution in [2.75, 3.05) is 13.6 Å². The first-order chi connectivity index (χ1) is 7.90. The largest absolute Gasteiger partial charge is 0.342 e. The Morgan fingerprint density at radius 3 is 2.65 bits per heavy atom. The van der Waals surface area contributed by atoms with Gasteiger partial charge >= 0.3 is 0 Å². The van der Waals surface area contributed by atoms with E-state index in [2.05, 4.69) is 15.9 Å². The molecule has 0 aliphatic heterocycles. The van der Waals surface area contributed by atoms with Crippen molar-refractivity contribution < 1.29 is 4.79 Å². The van der Waals surface area contributed by atoms with Crippen LogP contribution in [0.5, 0.6) is 0 Å². The van der Waals surface area contributed by atoms with Gasteiger partial charge in [0, 0.05) is 29.0 Å².